The van der Waals surface area contributed by atoms with Crippen LogP contribution >= 0.6 is 0 Å². The number of furan rings is 1. The van der Waals surface area contributed by atoms with E-state index < -0.39 is 5.91 Å². The van der Waals surface area contributed by atoms with Crippen LogP contribution in [0.5, 0.6) is 11.5 Å². The predicted octanol–water partition coefficient (Wildman–Crippen LogP) is 4.30. The van der Waals surface area contributed by atoms with Crippen LogP contribution in [0.25, 0.3) is 33.6 Å². The zero-order valence-electron chi connectivity index (χ0n) is 17.5. The molecule has 0 fully saturated rings. The van der Waals surface area contributed by atoms with Crippen molar-refractivity contribution >= 4 is 17.0 Å². The summed E-state index contributed by atoms with van der Waals surface area (Å²) in [5, 5.41) is 0. The molecule has 0 spiro atoms. The highest BCUT2D eigenvalue weighted by molar-refractivity contribution is 5.97. The number of pyridine rings is 1. The van der Waals surface area contributed by atoms with E-state index in [0.717, 1.165) is 16.7 Å². The molecule has 2 heterocycles. The highest BCUT2D eigenvalue weighted by Gasteiger charge is 2.19. The van der Waals surface area contributed by atoms with Crippen molar-refractivity contribution in [3.8, 4) is 33.9 Å². The summed E-state index contributed by atoms with van der Waals surface area (Å²) in [4.78, 5) is 16.1. The average molecular weight is 417 g/mol. The first-order chi connectivity index (χ1) is 14.9. The van der Waals surface area contributed by atoms with Crippen molar-refractivity contribution in [1.29, 1.82) is 0 Å². The molecule has 7 heteroatoms. The van der Waals surface area contributed by atoms with Gasteiger partial charge in [-0.1, -0.05) is 6.07 Å². The maximum absolute atomic E-state index is 11.7. The third-order valence-corrected chi connectivity index (χ3v) is 5.20. The molecule has 158 valence electrons. The van der Waals surface area contributed by atoms with Gasteiger partial charge < -0.3 is 25.4 Å². The molecule has 2 aromatic heterocycles. The van der Waals surface area contributed by atoms with Gasteiger partial charge in [-0.05, 0) is 48.9 Å². The van der Waals surface area contributed by atoms with E-state index in [4.69, 9.17) is 25.4 Å². The molecule has 0 radical (unpaired) electrons. The monoisotopic (exact) mass is 417 g/mol. The minimum absolute atomic E-state index is 0.130. The maximum atomic E-state index is 11.7. The number of nitrogens with two attached hydrogens (primary N) is 2. The fourth-order valence-corrected chi connectivity index (χ4v) is 3.56. The zero-order chi connectivity index (χ0) is 22.1. The minimum atomic E-state index is -0.531. The van der Waals surface area contributed by atoms with Crippen LogP contribution in [0.15, 0.2) is 59.1 Å². The van der Waals surface area contributed by atoms with E-state index in [1.54, 1.807) is 38.6 Å². The van der Waals surface area contributed by atoms with Gasteiger partial charge in [0, 0.05) is 35.0 Å². The molecule has 4 N–H and O–H groups in total. The van der Waals surface area contributed by atoms with E-state index in [-0.39, 0.29) is 6.04 Å². The molecule has 1 amide bonds. The topological polar surface area (TPSA) is 114 Å². The molecule has 7 nitrogen and oxygen atoms in total. The zero-order valence-corrected chi connectivity index (χ0v) is 17.5. The van der Waals surface area contributed by atoms with E-state index in [2.05, 4.69) is 4.98 Å². The molecule has 0 unspecified atom stereocenters. The molecular formula is C24H23N3O4. The smallest absolute Gasteiger partial charge is 0.248 e. The van der Waals surface area contributed by atoms with E-state index in [9.17, 15) is 4.79 Å². The van der Waals surface area contributed by atoms with Crippen LogP contribution < -0.4 is 20.9 Å². The molecule has 4 aromatic rings. The van der Waals surface area contributed by atoms with Crippen LogP contribution in [0.3, 0.4) is 0 Å². The average Bonchev–Trinajstić information content (AvgIpc) is 3.22. The second-order valence-corrected chi connectivity index (χ2v) is 7.21. The molecule has 0 saturated heterocycles. The first kappa shape index (κ1) is 20.4. The number of nitrogens with zero attached hydrogens (tertiary/aromatic N) is 1. The summed E-state index contributed by atoms with van der Waals surface area (Å²) in [6.45, 7) is 1.93. The van der Waals surface area contributed by atoms with Gasteiger partial charge in [0.1, 0.15) is 22.8 Å². The minimum Gasteiger partial charge on any atom is -0.496 e. The Morgan fingerprint density at radius 1 is 0.968 bits per heavy atom. The molecular weight excluding hydrogens is 394 g/mol. The quantitative estimate of drug-likeness (QED) is 0.484. The van der Waals surface area contributed by atoms with Crippen molar-refractivity contribution in [2.75, 3.05) is 14.2 Å². The van der Waals surface area contributed by atoms with Crippen molar-refractivity contribution in [2.24, 2.45) is 11.5 Å². The number of ether oxygens (including phenoxy) is 2. The summed E-state index contributed by atoms with van der Waals surface area (Å²) < 4.78 is 17.3. The Hall–Kier alpha value is -3.84. The Kier molecular flexibility index (Phi) is 5.35. The van der Waals surface area contributed by atoms with Gasteiger partial charge in [-0.25, -0.2) is 0 Å². The van der Waals surface area contributed by atoms with Gasteiger partial charge in [-0.15, -0.1) is 0 Å². The lowest BCUT2D eigenvalue weighted by molar-refractivity contribution is 0.100. The fraction of sp³-hybridized carbons (Fsp3) is 0.167. The lowest BCUT2D eigenvalue weighted by atomic mass is 9.99. The highest BCUT2D eigenvalue weighted by Crippen LogP contribution is 2.40. The normalized spacial score (nSPS) is 12.0. The van der Waals surface area contributed by atoms with Crippen LogP contribution in [-0.2, 0) is 0 Å². The number of primary amides is 1. The molecule has 4 rings (SSSR count). The number of hydrogen-bond donors (Lipinski definition) is 2. The summed E-state index contributed by atoms with van der Waals surface area (Å²) in [6.07, 6.45) is 1.71. The Bertz CT molecular complexity index is 1280. The van der Waals surface area contributed by atoms with Crippen LogP contribution in [0.1, 0.15) is 28.9 Å². The molecule has 0 saturated carbocycles. The number of aromatic nitrogens is 1. The number of rotatable bonds is 6. The Morgan fingerprint density at radius 2 is 1.68 bits per heavy atom. The van der Waals surface area contributed by atoms with E-state index >= 15 is 0 Å². The lowest BCUT2D eigenvalue weighted by Crippen LogP contribution is -2.10. The van der Waals surface area contributed by atoms with E-state index in [1.807, 2.05) is 37.3 Å². The summed E-state index contributed by atoms with van der Waals surface area (Å²) >= 11 is 0. The second-order valence-electron chi connectivity index (χ2n) is 7.21. The summed E-state index contributed by atoms with van der Waals surface area (Å²) in [7, 11) is 3.18. The molecule has 1 atom stereocenters. The van der Waals surface area contributed by atoms with Crippen LogP contribution in [0.4, 0.5) is 0 Å². The van der Waals surface area contributed by atoms with Crippen LogP contribution in [-0.4, -0.2) is 25.1 Å². The number of carbonyl (C=O) groups excluding carboxylic acids is 1. The number of carbonyl (C=O) groups is 1. The first-order valence-electron chi connectivity index (χ1n) is 9.73. The van der Waals surface area contributed by atoms with Crippen molar-refractivity contribution in [3.63, 3.8) is 0 Å². The number of fused-ring (bicyclic) bond motifs is 1. The summed E-state index contributed by atoms with van der Waals surface area (Å²) in [5.41, 5.74) is 16.4. The van der Waals surface area contributed by atoms with Gasteiger partial charge in [-0.3, -0.25) is 9.78 Å². The number of amides is 1. The second kappa shape index (κ2) is 8.12. The lowest BCUT2D eigenvalue weighted by Gasteiger charge is -2.13. The molecule has 2 aromatic carbocycles. The highest BCUT2D eigenvalue weighted by atomic mass is 16.5. The van der Waals surface area contributed by atoms with Crippen molar-refractivity contribution in [2.45, 2.75) is 13.0 Å². The molecule has 31 heavy (non-hydrogen) atoms. The fourth-order valence-electron chi connectivity index (χ4n) is 3.56. The molecule has 0 aliphatic carbocycles. The first-order valence-corrected chi connectivity index (χ1v) is 9.73. The molecule has 0 bridgehead atoms. The Balaban J connectivity index is 1.93. The Labute approximate surface area is 179 Å². The van der Waals surface area contributed by atoms with Gasteiger partial charge in [0.25, 0.3) is 0 Å². The summed E-state index contributed by atoms with van der Waals surface area (Å²) in [6, 6.07) is 14.3. The number of methoxy groups -OCH3 is 2. The third-order valence-electron chi connectivity index (χ3n) is 5.20. The van der Waals surface area contributed by atoms with E-state index in [0.29, 0.717) is 39.5 Å². The third kappa shape index (κ3) is 3.71. The largest absolute Gasteiger partial charge is 0.496 e. The SMILES string of the molecule is COc1ccc(C(N)=O)cc1-c1cc2nccc(-c3cc([C@@H](C)N)ccc3OC)c2o1. The van der Waals surface area contributed by atoms with Gasteiger partial charge in [0.15, 0.2) is 5.58 Å². The molecule has 0 aliphatic heterocycles. The van der Waals surface area contributed by atoms with Crippen LogP contribution in [0.2, 0.25) is 0 Å². The van der Waals surface area contributed by atoms with Crippen molar-refractivity contribution in [1.82, 2.24) is 4.98 Å². The maximum Gasteiger partial charge on any atom is 0.248 e. The van der Waals surface area contributed by atoms with Crippen molar-refractivity contribution in [3.05, 3.63) is 65.9 Å². The standard InChI is InChI=1S/C24H23N3O4/c1-13(25)14-4-6-20(29-2)17(10-14)16-8-9-27-19-12-22(31-23(16)19)18-11-15(24(26)28)5-7-21(18)30-3/h4-13H,25H2,1-3H3,(H2,26,28)/t13-/m1/s1. The Morgan fingerprint density at radius 3 is 2.35 bits per heavy atom. The van der Waals surface area contributed by atoms with Gasteiger partial charge in [0.2, 0.25) is 5.91 Å². The van der Waals surface area contributed by atoms with Crippen LogP contribution in [0, 0.1) is 0 Å². The number of hydrogen-bond acceptors (Lipinski definition) is 6. The summed E-state index contributed by atoms with van der Waals surface area (Å²) in [5.74, 6) is 1.23. The molecule has 0 aliphatic rings. The van der Waals surface area contributed by atoms with Gasteiger partial charge in [-0.2, -0.15) is 0 Å². The van der Waals surface area contributed by atoms with Crippen molar-refractivity contribution < 1.29 is 18.7 Å². The predicted molar refractivity (Wildman–Crippen MR) is 119 cm³/mol. The van der Waals surface area contributed by atoms with Gasteiger partial charge >= 0.3 is 0 Å². The van der Waals surface area contributed by atoms with Gasteiger partial charge in [0.05, 0.1) is 19.8 Å². The van der Waals surface area contributed by atoms with E-state index in [1.165, 1.54) is 0 Å². The number of benzene rings is 2.